The minimum Gasteiger partial charge on any atom is -0.497 e. The summed E-state index contributed by atoms with van der Waals surface area (Å²) in [5.74, 6) is 0.838. The van der Waals surface area contributed by atoms with Gasteiger partial charge in [-0.1, -0.05) is 44.2 Å². The number of anilines is 1. The van der Waals surface area contributed by atoms with Gasteiger partial charge in [-0.25, -0.2) is 4.79 Å². The van der Waals surface area contributed by atoms with E-state index >= 15 is 0 Å². The second-order valence-corrected chi connectivity index (χ2v) is 8.71. The summed E-state index contributed by atoms with van der Waals surface area (Å²) >= 11 is 0. The van der Waals surface area contributed by atoms with Gasteiger partial charge in [-0.05, 0) is 79.4 Å². The first kappa shape index (κ1) is 33.3. The zero-order valence-electron chi connectivity index (χ0n) is 25.5. The number of nitrogens with one attached hydrogen (secondary N) is 4. The van der Waals surface area contributed by atoms with Crippen LogP contribution in [0.15, 0.2) is 84.0 Å². The van der Waals surface area contributed by atoms with E-state index in [2.05, 4.69) is 31.2 Å². The van der Waals surface area contributed by atoms with Gasteiger partial charge in [0.05, 0.1) is 18.5 Å². The highest BCUT2D eigenvalue weighted by molar-refractivity contribution is 6.06. The monoisotopic (exact) mass is 570 g/mol. The number of amides is 3. The number of allylic oxidation sites excluding steroid dienone is 3. The molecule has 0 aliphatic heterocycles. The number of carbonyl (C=O) groups excluding carboxylic acids is 2. The van der Waals surface area contributed by atoms with E-state index in [1.165, 1.54) is 0 Å². The van der Waals surface area contributed by atoms with E-state index in [4.69, 9.17) is 4.74 Å². The molecule has 0 fully saturated rings. The Kier molecular flexibility index (Phi) is 14.0. The van der Waals surface area contributed by atoms with Crippen molar-refractivity contribution in [1.82, 2.24) is 20.9 Å². The SMILES string of the molecule is CC.CCNC(=O)/C=C(\C=C(\C)c1cccc(OC)c1)c1ccc(NC(=NC)NC(=O)NCC)c(-c2ccccn2)c1. The number of pyridine rings is 1. The lowest BCUT2D eigenvalue weighted by molar-refractivity contribution is -0.116. The number of hydrogen-bond acceptors (Lipinski definition) is 5. The highest BCUT2D eigenvalue weighted by Gasteiger charge is 2.14. The van der Waals surface area contributed by atoms with Crippen LogP contribution in [-0.4, -0.2) is 50.1 Å². The first-order valence-electron chi connectivity index (χ1n) is 14.0. The van der Waals surface area contributed by atoms with Crippen molar-refractivity contribution < 1.29 is 14.3 Å². The smallest absolute Gasteiger partial charge is 0.321 e. The van der Waals surface area contributed by atoms with E-state index in [0.717, 1.165) is 33.6 Å². The van der Waals surface area contributed by atoms with E-state index in [9.17, 15) is 9.59 Å². The molecule has 9 heteroatoms. The van der Waals surface area contributed by atoms with Gasteiger partial charge in [-0.3, -0.25) is 20.1 Å². The molecule has 3 amide bonds. The molecule has 9 nitrogen and oxygen atoms in total. The molecule has 3 rings (SSSR count). The number of aromatic nitrogens is 1. The van der Waals surface area contributed by atoms with Gasteiger partial charge in [0.15, 0.2) is 0 Å². The van der Waals surface area contributed by atoms with Crippen LogP contribution >= 0.6 is 0 Å². The Balaban J connectivity index is 0.00000301. The van der Waals surface area contributed by atoms with Crippen LogP contribution < -0.4 is 26.0 Å². The average molecular weight is 571 g/mol. The fraction of sp³-hybridized carbons (Fsp3) is 0.273. The first-order chi connectivity index (χ1) is 20.4. The molecule has 0 bridgehead atoms. The Labute approximate surface area is 249 Å². The summed E-state index contributed by atoms with van der Waals surface area (Å²) in [6.45, 7) is 10.7. The van der Waals surface area contributed by atoms with Crippen molar-refractivity contribution in [2.75, 3.05) is 32.6 Å². The first-order valence-corrected chi connectivity index (χ1v) is 14.0. The third-order valence-corrected chi connectivity index (χ3v) is 5.87. The molecule has 0 unspecified atom stereocenters. The highest BCUT2D eigenvalue weighted by atomic mass is 16.5. The topological polar surface area (TPSA) is 117 Å². The Morgan fingerprint density at radius 2 is 1.69 bits per heavy atom. The van der Waals surface area contributed by atoms with Gasteiger partial charge in [-0.2, -0.15) is 0 Å². The molecule has 0 saturated carbocycles. The molecule has 3 aromatic rings. The summed E-state index contributed by atoms with van der Waals surface area (Å²) in [6, 6.07) is 18.8. The number of carbonyl (C=O) groups is 2. The molecule has 0 aliphatic carbocycles. The third-order valence-electron chi connectivity index (χ3n) is 5.87. The Morgan fingerprint density at radius 3 is 2.33 bits per heavy atom. The number of benzene rings is 2. The fourth-order valence-electron chi connectivity index (χ4n) is 3.91. The van der Waals surface area contributed by atoms with Crippen LogP contribution in [0.5, 0.6) is 5.75 Å². The van der Waals surface area contributed by atoms with Crippen LogP contribution in [0.1, 0.15) is 45.7 Å². The number of likely N-dealkylation sites (N-methyl/N-ethyl adjacent to an activating group) is 1. The van der Waals surface area contributed by atoms with Gasteiger partial charge in [0.25, 0.3) is 0 Å². The van der Waals surface area contributed by atoms with E-state index in [0.29, 0.717) is 24.5 Å². The Bertz CT molecular complexity index is 1410. The summed E-state index contributed by atoms with van der Waals surface area (Å²) in [6.07, 6.45) is 5.28. The maximum atomic E-state index is 12.7. The van der Waals surface area contributed by atoms with E-state index < -0.39 is 0 Å². The van der Waals surface area contributed by atoms with Crippen molar-refractivity contribution in [2.45, 2.75) is 34.6 Å². The Hall–Kier alpha value is -4.92. The molecule has 4 N–H and O–H groups in total. The maximum absolute atomic E-state index is 12.7. The number of aliphatic imine (C=N–C) groups is 1. The Morgan fingerprint density at radius 1 is 0.929 bits per heavy atom. The number of hydrogen-bond donors (Lipinski definition) is 4. The predicted octanol–water partition coefficient (Wildman–Crippen LogP) is 6.12. The predicted molar refractivity (Wildman–Crippen MR) is 174 cm³/mol. The second kappa shape index (κ2) is 17.7. The number of rotatable bonds is 9. The largest absolute Gasteiger partial charge is 0.497 e. The molecular weight excluding hydrogens is 528 g/mol. The molecule has 0 atom stereocenters. The average Bonchev–Trinajstić information content (AvgIpc) is 3.02. The van der Waals surface area contributed by atoms with E-state index in [1.807, 2.05) is 101 Å². The number of methoxy groups -OCH3 is 1. The number of ether oxygens (including phenoxy) is 1. The molecule has 0 spiro atoms. The minimum absolute atomic E-state index is 0.194. The lowest BCUT2D eigenvalue weighted by Gasteiger charge is -2.16. The quantitative estimate of drug-likeness (QED) is 0.107. The molecule has 42 heavy (non-hydrogen) atoms. The second-order valence-electron chi connectivity index (χ2n) is 8.71. The van der Waals surface area contributed by atoms with Crippen LogP contribution in [0.4, 0.5) is 10.5 Å². The highest BCUT2D eigenvalue weighted by Crippen LogP contribution is 2.32. The molecule has 0 aliphatic rings. The lowest BCUT2D eigenvalue weighted by atomic mass is 9.96. The van der Waals surface area contributed by atoms with E-state index in [1.54, 1.807) is 26.4 Å². The van der Waals surface area contributed by atoms with Crippen molar-refractivity contribution in [3.8, 4) is 17.0 Å². The van der Waals surface area contributed by atoms with Gasteiger partial charge < -0.3 is 20.7 Å². The molecular formula is C33H42N6O3. The van der Waals surface area contributed by atoms with Crippen LogP contribution in [0.25, 0.3) is 22.4 Å². The fourth-order valence-corrected chi connectivity index (χ4v) is 3.91. The minimum atomic E-state index is -0.364. The van der Waals surface area contributed by atoms with Gasteiger partial charge in [0.1, 0.15) is 5.75 Å². The summed E-state index contributed by atoms with van der Waals surface area (Å²) < 4.78 is 5.39. The summed E-state index contributed by atoms with van der Waals surface area (Å²) in [7, 11) is 3.22. The molecule has 1 heterocycles. The van der Waals surface area contributed by atoms with Gasteiger partial charge in [0, 0.05) is 38.0 Å². The number of guanidine groups is 1. The number of nitrogens with zero attached hydrogens (tertiary/aromatic N) is 2. The normalized spacial score (nSPS) is 11.5. The molecule has 2 aromatic carbocycles. The van der Waals surface area contributed by atoms with Crippen LogP contribution in [0.2, 0.25) is 0 Å². The number of urea groups is 1. The van der Waals surface area contributed by atoms with E-state index in [-0.39, 0.29) is 17.9 Å². The van der Waals surface area contributed by atoms with Gasteiger partial charge in [0.2, 0.25) is 11.9 Å². The van der Waals surface area contributed by atoms with Crippen molar-refractivity contribution in [2.24, 2.45) is 4.99 Å². The zero-order chi connectivity index (χ0) is 30.9. The van der Waals surface area contributed by atoms with Crippen molar-refractivity contribution in [1.29, 1.82) is 0 Å². The summed E-state index contributed by atoms with van der Waals surface area (Å²) in [4.78, 5) is 33.5. The lowest BCUT2D eigenvalue weighted by Crippen LogP contribution is -2.42. The van der Waals surface area contributed by atoms with Crippen LogP contribution in [-0.2, 0) is 4.79 Å². The molecule has 1 aromatic heterocycles. The van der Waals surface area contributed by atoms with Gasteiger partial charge in [-0.15, -0.1) is 0 Å². The van der Waals surface area contributed by atoms with Crippen LogP contribution in [0.3, 0.4) is 0 Å². The standard InChI is InChI=1S/C31H36N6O3.C2H6/c1-6-33-29(38)20-24(17-21(3)22-11-10-12-25(18-22)40-5)23-14-15-28(26(19-23)27-13-8-9-16-35-27)36-30(32-4)37-31(39)34-7-2;1-2/h8-20H,6-7H2,1-5H3,(H,33,38)(H3,32,34,36,37,39);1-2H3/b21-17-,24-20+;. The molecule has 222 valence electrons. The summed E-state index contributed by atoms with van der Waals surface area (Å²) in [5, 5.41) is 11.4. The molecule has 0 radical (unpaired) electrons. The molecule has 0 saturated heterocycles. The van der Waals surface area contributed by atoms with Crippen molar-refractivity contribution >= 4 is 34.7 Å². The van der Waals surface area contributed by atoms with Gasteiger partial charge >= 0.3 is 6.03 Å². The maximum Gasteiger partial charge on any atom is 0.321 e. The third kappa shape index (κ3) is 9.92. The summed E-state index contributed by atoms with van der Waals surface area (Å²) in [5.41, 5.74) is 5.64. The zero-order valence-corrected chi connectivity index (χ0v) is 25.5. The van der Waals surface area contributed by atoms with Crippen molar-refractivity contribution in [3.63, 3.8) is 0 Å². The van der Waals surface area contributed by atoms with Crippen molar-refractivity contribution in [3.05, 3.63) is 90.1 Å². The van der Waals surface area contributed by atoms with Crippen LogP contribution in [0, 0.1) is 0 Å².